The van der Waals surface area contributed by atoms with E-state index in [9.17, 15) is 18.7 Å². The number of aromatic nitrogens is 2. The highest BCUT2D eigenvalue weighted by Crippen LogP contribution is 2.45. The van der Waals surface area contributed by atoms with Gasteiger partial charge in [0.05, 0.1) is 5.41 Å². The SMILES string of the molecule is O=C(O)C1(c2cncnc2)CCC(F)(F)CC1. The number of carbonyl (C=O) groups is 1. The molecule has 0 radical (unpaired) electrons. The van der Waals surface area contributed by atoms with Crippen LogP contribution >= 0.6 is 0 Å². The fraction of sp³-hybridized carbons (Fsp3) is 0.545. The van der Waals surface area contributed by atoms with E-state index in [0.717, 1.165) is 0 Å². The van der Waals surface area contributed by atoms with Crippen molar-refractivity contribution in [3.8, 4) is 0 Å². The topological polar surface area (TPSA) is 63.1 Å². The molecule has 0 aromatic carbocycles. The molecule has 1 N–H and O–H groups in total. The molecule has 1 fully saturated rings. The molecule has 17 heavy (non-hydrogen) atoms. The van der Waals surface area contributed by atoms with Gasteiger partial charge in [0.1, 0.15) is 6.33 Å². The third-order valence-electron chi connectivity index (χ3n) is 3.36. The first-order chi connectivity index (χ1) is 7.96. The predicted molar refractivity (Wildman–Crippen MR) is 54.8 cm³/mol. The molecule has 0 bridgehead atoms. The molecule has 1 saturated carbocycles. The van der Waals surface area contributed by atoms with Gasteiger partial charge in [-0.05, 0) is 12.8 Å². The number of rotatable bonds is 2. The van der Waals surface area contributed by atoms with Crippen LogP contribution in [-0.2, 0) is 10.2 Å². The normalized spacial score (nSPS) is 22.0. The molecular weight excluding hydrogens is 230 g/mol. The van der Waals surface area contributed by atoms with Gasteiger partial charge in [-0.15, -0.1) is 0 Å². The van der Waals surface area contributed by atoms with Gasteiger partial charge in [0.15, 0.2) is 0 Å². The summed E-state index contributed by atoms with van der Waals surface area (Å²) in [6.07, 6.45) is 3.10. The number of carboxylic acids is 1. The van der Waals surface area contributed by atoms with E-state index < -0.39 is 30.1 Å². The molecule has 0 aliphatic heterocycles. The summed E-state index contributed by atoms with van der Waals surface area (Å²) >= 11 is 0. The molecular formula is C11H12F2N2O2. The van der Waals surface area contributed by atoms with Crippen LogP contribution in [0, 0.1) is 0 Å². The van der Waals surface area contributed by atoms with Gasteiger partial charge in [0.25, 0.3) is 0 Å². The third kappa shape index (κ3) is 2.11. The van der Waals surface area contributed by atoms with Gasteiger partial charge in [0, 0.05) is 30.8 Å². The van der Waals surface area contributed by atoms with E-state index in [0.29, 0.717) is 5.56 Å². The lowest BCUT2D eigenvalue weighted by molar-refractivity contribution is -0.149. The van der Waals surface area contributed by atoms with Crippen LogP contribution in [0.1, 0.15) is 31.2 Å². The maximum Gasteiger partial charge on any atom is 0.314 e. The third-order valence-corrected chi connectivity index (χ3v) is 3.36. The summed E-state index contributed by atoms with van der Waals surface area (Å²) in [4.78, 5) is 18.9. The number of carboxylic acid groups (broad SMARTS) is 1. The second-order valence-corrected chi connectivity index (χ2v) is 4.37. The lowest BCUT2D eigenvalue weighted by Crippen LogP contribution is -2.42. The van der Waals surface area contributed by atoms with Crippen LogP contribution in [0.25, 0.3) is 0 Å². The van der Waals surface area contributed by atoms with Crippen LogP contribution in [0.15, 0.2) is 18.7 Å². The summed E-state index contributed by atoms with van der Waals surface area (Å²) < 4.78 is 26.2. The first-order valence-corrected chi connectivity index (χ1v) is 5.33. The van der Waals surface area contributed by atoms with Crippen LogP contribution < -0.4 is 0 Å². The molecule has 1 aromatic heterocycles. The van der Waals surface area contributed by atoms with E-state index in [4.69, 9.17) is 0 Å². The minimum Gasteiger partial charge on any atom is -0.481 e. The molecule has 4 nitrogen and oxygen atoms in total. The van der Waals surface area contributed by atoms with Crippen molar-refractivity contribution in [1.82, 2.24) is 9.97 Å². The Kier molecular flexibility index (Phi) is 2.81. The van der Waals surface area contributed by atoms with Gasteiger partial charge in [-0.1, -0.05) is 0 Å². The maximum atomic E-state index is 13.1. The summed E-state index contributed by atoms with van der Waals surface area (Å²) in [5.74, 6) is -3.84. The van der Waals surface area contributed by atoms with Crippen LogP contribution in [0.4, 0.5) is 8.78 Å². The molecule has 92 valence electrons. The zero-order valence-electron chi connectivity index (χ0n) is 9.07. The molecule has 2 rings (SSSR count). The zero-order chi connectivity index (χ0) is 12.5. The number of aliphatic carboxylic acids is 1. The Morgan fingerprint density at radius 3 is 2.18 bits per heavy atom. The van der Waals surface area contributed by atoms with E-state index in [1.165, 1.54) is 18.7 Å². The van der Waals surface area contributed by atoms with E-state index in [-0.39, 0.29) is 12.8 Å². The average Bonchev–Trinajstić information content (AvgIpc) is 2.30. The van der Waals surface area contributed by atoms with Crippen LogP contribution in [-0.4, -0.2) is 27.0 Å². The quantitative estimate of drug-likeness (QED) is 0.861. The highest BCUT2D eigenvalue weighted by Gasteiger charge is 2.49. The summed E-state index contributed by atoms with van der Waals surface area (Å²) in [7, 11) is 0. The molecule has 0 atom stereocenters. The van der Waals surface area contributed by atoms with Gasteiger partial charge in [-0.3, -0.25) is 4.79 Å². The second-order valence-electron chi connectivity index (χ2n) is 4.37. The monoisotopic (exact) mass is 242 g/mol. The minimum absolute atomic E-state index is 0.0806. The van der Waals surface area contributed by atoms with Gasteiger partial charge >= 0.3 is 5.97 Å². The fourth-order valence-electron chi connectivity index (χ4n) is 2.21. The van der Waals surface area contributed by atoms with Crippen molar-refractivity contribution in [2.45, 2.75) is 37.0 Å². The largest absolute Gasteiger partial charge is 0.481 e. The highest BCUT2D eigenvalue weighted by atomic mass is 19.3. The maximum absolute atomic E-state index is 13.1. The molecule has 0 saturated heterocycles. The smallest absolute Gasteiger partial charge is 0.314 e. The van der Waals surface area contributed by atoms with Gasteiger partial charge in [0.2, 0.25) is 5.92 Å². The van der Waals surface area contributed by atoms with E-state index in [2.05, 4.69) is 9.97 Å². The Bertz CT molecular complexity index is 413. The Morgan fingerprint density at radius 1 is 1.18 bits per heavy atom. The van der Waals surface area contributed by atoms with Crippen LogP contribution in [0.3, 0.4) is 0 Å². The van der Waals surface area contributed by atoms with E-state index in [1.54, 1.807) is 0 Å². The Labute approximate surface area is 96.7 Å². The first-order valence-electron chi connectivity index (χ1n) is 5.33. The van der Waals surface area contributed by atoms with Crippen molar-refractivity contribution in [2.24, 2.45) is 0 Å². The van der Waals surface area contributed by atoms with Gasteiger partial charge in [-0.2, -0.15) is 0 Å². The number of alkyl halides is 2. The Hall–Kier alpha value is -1.59. The fourth-order valence-corrected chi connectivity index (χ4v) is 2.21. The summed E-state index contributed by atoms with van der Waals surface area (Å²) in [5, 5.41) is 9.31. The van der Waals surface area contributed by atoms with Crippen molar-refractivity contribution in [2.75, 3.05) is 0 Å². The van der Waals surface area contributed by atoms with Crippen LogP contribution in [0.5, 0.6) is 0 Å². The minimum atomic E-state index is -2.76. The summed E-state index contributed by atoms with van der Waals surface area (Å²) in [6, 6.07) is 0. The lowest BCUT2D eigenvalue weighted by atomic mass is 9.69. The summed E-state index contributed by atoms with van der Waals surface area (Å²) in [5.41, 5.74) is -0.855. The molecule has 1 aliphatic rings. The average molecular weight is 242 g/mol. The van der Waals surface area contributed by atoms with E-state index in [1.807, 2.05) is 0 Å². The molecule has 0 amide bonds. The second kappa shape index (κ2) is 4.01. The zero-order valence-corrected chi connectivity index (χ0v) is 9.07. The molecule has 0 spiro atoms. The van der Waals surface area contributed by atoms with Crippen molar-refractivity contribution in [1.29, 1.82) is 0 Å². The standard InChI is InChI=1S/C11H12F2N2O2/c12-11(13)3-1-10(2-4-11,9(16)17)8-5-14-7-15-6-8/h5-7H,1-4H2,(H,16,17). The molecule has 0 unspecified atom stereocenters. The van der Waals surface area contributed by atoms with E-state index >= 15 is 0 Å². The number of hydrogen-bond acceptors (Lipinski definition) is 3. The van der Waals surface area contributed by atoms with Crippen LogP contribution in [0.2, 0.25) is 0 Å². The molecule has 1 heterocycles. The Balaban J connectivity index is 2.33. The lowest BCUT2D eigenvalue weighted by Gasteiger charge is -2.36. The summed E-state index contributed by atoms with van der Waals surface area (Å²) in [6.45, 7) is 0. The predicted octanol–water partition coefficient (Wildman–Crippen LogP) is 2.01. The van der Waals surface area contributed by atoms with Crippen molar-refractivity contribution in [3.63, 3.8) is 0 Å². The first kappa shape index (κ1) is 11.9. The molecule has 1 aliphatic carbocycles. The molecule has 6 heteroatoms. The number of nitrogens with zero attached hydrogens (tertiary/aromatic N) is 2. The molecule has 1 aromatic rings. The van der Waals surface area contributed by atoms with Crippen molar-refractivity contribution in [3.05, 3.63) is 24.3 Å². The van der Waals surface area contributed by atoms with Crippen molar-refractivity contribution < 1.29 is 18.7 Å². The van der Waals surface area contributed by atoms with Crippen molar-refractivity contribution >= 4 is 5.97 Å². The number of hydrogen-bond donors (Lipinski definition) is 1. The number of halogens is 2. The van der Waals surface area contributed by atoms with Gasteiger partial charge in [-0.25, -0.2) is 18.7 Å². The Morgan fingerprint density at radius 2 is 1.71 bits per heavy atom. The highest BCUT2D eigenvalue weighted by molar-refractivity contribution is 5.81. The van der Waals surface area contributed by atoms with Gasteiger partial charge < -0.3 is 5.11 Å².